The largest absolute Gasteiger partial charge is 0.350 e. The molecule has 0 bridgehead atoms. The van der Waals surface area contributed by atoms with E-state index in [9.17, 15) is 9.59 Å². The molecule has 0 unspecified atom stereocenters. The Bertz CT molecular complexity index is 644. The van der Waals surface area contributed by atoms with E-state index >= 15 is 0 Å². The minimum atomic E-state index is -0.304. The Morgan fingerprint density at radius 3 is 2.38 bits per heavy atom. The molecule has 110 valence electrons. The summed E-state index contributed by atoms with van der Waals surface area (Å²) in [6.45, 7) is 0.655. The topological polar surface area (TPSA) is 58.2 Å². The highest BCUT2D eigenvalue weighted by Gasteiger charge is 2.10. The molecule has 2 aromatic rings. The summed E-state index contributed by atoms with van der Waals surface area (Å²) in [5.41, 5.74) is 0.352. The predicted octanol–water partition coefficient (Wildman–Crippen LogP) is 3.21. The van der Waals surface area contributed by atoms with Crippen molar-refractivity contribution in [3.8, 4) is 0 Å². The molecule has 7 heteroatoms. The van der Waals surface area contributed by atoms with E-state index in [1.54, 1.807) is 18.2 Å². The minimum absolute atomic E-state index is 0.149. The normalized spacial score (nSPS) is 10.2. The van der Waals surface area contributed by atoms with Crippen LogP contribution in [0.2, 0.25) is 10.0 Å². The summed E-state index contributed by atoms with van der Waals surface area (Å²) in [4.78, 5) is 24.2. The molecule has 0 atom stereocenters. The molecule has 0 radical (unpaired) electrons. The number of carbonyl (C=O) groups excluding carboxylic acids is 2. The van der Waals surface area contributed by atoms with Crippen LogP contribution in [0.4, 0.5) is 0 Å². The zero-order valence-electron chi connectivity index (χ0n) is 10.9. The van der Waals surface area contributed by atoms with Crippen LogP contribution in [0.15, 0.2) is 35.7 Å². The molecular weight excluding hydrogens is 331 g/mol. The molecule has 0 aliphatic heterocycles. The first-order valence-corrected chi connectivity index (χ1v) is 7.76. The van der Waals surface area contributed by atoms with E-state index in [1.165, 1.54) is 17.4 Å². The van der Waals surface area contributed by atoms with Crippen LogP contribution in [0.25, 0.3) is 0 Å². The highest BCUT2D eigenvalue weighted by atomic mass is 35.5. The lowest BCUT2D eigenvalue weighted by molar-refractivity contribution is 0.0929. The Kier molecular flexibility index (Phi) is 5.61. The number of halogens is 2. The monoisotopic (exact) mass is 342 g/mol. The molecule has 0 aliphatic carbocycles. The fourth-order valence-electron chi connectivity index (χ4n) is 1.62. The molecule has 21 heavy (non-hydrogen) atoms. The van der Waals surface area contributed by atoms with Crippen LogP contribution in [0.3, 0.4) is 0 Å². The van der Waals surface area contributed by atoms with E-state index in [0.717, 1.165) is 0 Å². The van der Waals surface area contributed by atoms with Crippen LogP contribution in [0.5, 0.6) is 0 Å². The van der Waals surface area contributed by atoms with Crippen molar-refractivity contribution in [3.63, 3.8) is 0 Å². The molecule has 0 fully saturated rings. The molecule has 0 aliphatic rings. The average Bonchev–Trinajstić information content (AvgIpc) is 2.97. The van der Waals surface area contributed by atoms with Gasteiger partial charge in [0, 0.05) is 18.1 Å². The first-order chi connectivity index (χ1) is 10.1. The van der Waals surface area contributed by atoms with Crippen molar-refractivity contribution in [2.75, 3.05) is 13.1 Å². The Balaban J connectivity index is 1.78. The lowest BCUT2D eigenvalue weighted by Crippen LogP contribution is -2.34. The summed E-state index contributed by atoms with van der Waals surface area (Å²) in [5, 5.41) is 8.00. The Hall–Kier alpha value is -1.56. The Morgan fingerprint density at radius 2 is 1.76 bits per heavy atom. The standard InChI is InChI=1S/C14H12Cl2N2O2S/c15-9-3-4-10(11(16)8-9)13(19)17-5-6-18-14(20)12-2-1-7-21-12/h1-4,7-8H,5-6H2,(H,17,19)(H,18,20). The Labute approximate surface area is 136 Å². The number of benzene rings is 1. The van der Waals surface area contributed by atoms with Crippen molar-refractivity contribution in [1.29, 1.82) is 0 Å². The van der Waals surface area contributed by atoms with Crippen molar-refractivity contribution in [2.24, 2.45) is 0 Å². The first kappa shape index (κ1) is 15.8. The van der Waals surface area contributed by atoms with Gasteiger partial charge in [0.25, 0.3) is 11.8 Å². The summed E-state index contributed by atoms with van der Waals surface area (Å²) in [6.07, 6.45) is 0. The van der Waals surface area contributed by atoms with Gasteiger partial charge in [-0.05, 0) is 29.6 Å². The van der Waals surface area contributed by atoms with Crippen molar-refractivity contribution in [2.45, 2.75) is 0 Å². The molecule has 0 saturated heterocycles. The lowest BCUT2D eigenvalue weighted by Gasteiger charge is -2.08. The minimum Gasteiger partial charge on any atom is -0.350 e. The zero-order valence-corrected chi connectivity index (χ0v) is 13.2. The van der Waals surface area contributed by atoms with Crippen LogP contribution in [-0.4, -0.2) is 24.9 Å². The predicted molar refractivity (Wildman–Crippen MR) is 85.4 cm³/mol. The maximum Gasteiger partial charge on any atom is 0.261 e. The van der Waals surface area contributed by atoms with Crippen molar-refractivity contribution in [1.82, 2.24) is 10.6 Å². The smallest absolute Gasteiger partial charge is 0.261 e. The second kappa shape index (κ2) is 7.45. The third kappa shape index (κ3) is 4.46. The van der Waals surface area contributed by atoms with Gasteiger partial charge >= 0.3 is 0 Å². The van der Waals surface area contributed by atoms with Gasteiger partial charge in [-0.15, -0.1) is 11.3 Å². The maximum atomic E-state index is 11.9. The Morgan fingerprint density at radius 1 is 1.05 bits per heavy atom. The number of amides is 2. The number of rotatable bonds is 5. The first-order valence-electron chi connectivity index (χ1n) is 6.13. The van der Waals surface area contributed by atoms with Gasteiger partial charge in [0.2, 0.25) is 0 Å². The molecular formula is C14H12Cl2N2O2S. The average molecular weight is 343 g/mol. The molecule has 2 N–H and O–H groups in total. The van der Waals surface area contributed by atoms with Crippen LogP contribution >= 0.6 is 34.5 Å². The molecule has 1 aromatic carbocycles. The summed E-state index contributed by atoms with van der Waals surface area (Å²) < 4.78 is 0. The van der Waals surface area contributed by atoms with Crippen LogP contribution in [-0.2, 0) is 0 Å². The van der Waals surface area contributed by atoms with Crippen LogP contribution in [0.1, 0.15) is 20.0 Å². The summed E-state index contributed by atoms with van der Waals surface area (Å²) in [6, 6.07) is 8.22. The fourth-order valence-corrected chi connectivity index (χ4v) is 2.75. The van der Waals surface area contributed by atoms with E-state index in [4.69, 9.17) is 23.2 Å². The molecule has 4 nitrogen and oxygen atoms in total. The van der Waals surface area contributed by atoms with Gasteiger partial charge in [-0.2, -0.15) is 0 Å². The number of hydrogen-bond acceptors (Lipinski definition) is 3. The molecule has 1 aromatic heterocycles. The molecule has 2 rings (SSSR count). The zero-order chi connectivity index (χ0) is 15.2. The van der Waals surface area contributed by atoms with Crippen LogP contribution in [0, 0.1) is 0 Å². The molecule has 0 saturated carbocycles. The van der Waals surface area contributed by atoms with Gasteiger partial charge in [0.05, 0.1) is 15.5 Å². The molecule has 0 spiro atoms. The van der Waals surface area contributed by atoms with Crippen molar-refractivity contribution in [3.05, 3.63) is 56.2 Å². The lowest BCUT2D eigenvalue weighted by atomic mass is 10.2. The fraction of sp³-hybridized carbons (Fsp3) is 0.143. The second-order valence-corrected chi connectivity index (χ2v) is 5.90. The SMILES string of the molecule is O=C(NCCNC(=O)c1ccc(Cl)cc1Cl)c1cccs1. The number of nitrogens with one attached hydrogen (secondary N) is 2. The van der Waals surface area contributed by atoms with Gasteiger partial charge in [-0.3, -0.25) is 9.59 Å². The van der Waals surface area contributed by atoms with Gasteiger partial charge in [0.1, 0.15) is 0 Å². The third-order valence-electron chi connectivity index (χ3n) is 2.62. The van der Waals surface area contributed by atoms with E-state index in [2.05, 4.69) is 10.6 Å². The number of hydrogen-bond donors (Lipinski definition) is 2. The van der Waals surface area contributed by atoms with Gasteiger partial charge in [0.15, 0.2) is 0 Å². The van der Waals surface area contributed by atoms with Crippen molar-refractivity contribution < 1.29 is 9.59 Å². The summed E-state index contributed by atoms with van der Waals surface area (Å²) in [7, 11) is 0. The van der Waals surface area contributed by atoms with E-state index in [1.807, 2.05) is 11.4 Å². The summed E-state index contributed by atoms with van der Waals surface area (Å²) in [5.74, 6) is -0.453. The third-order valence-corrected chi connectivity index (χ3v) is 4.03. The van der Waals surface area contributed by atoms with E-state index in [-0.39, 0.29) is 11.8 Å². The maximum absolute atomic E-state index is 11.9. The van der Waals surface area contributed by atoms with Gasteiger partial charge in [-0.1, -0.05) is 29.3 Å². The molecule has 1 heterocycles. The van der Waals surface area contributed by atoms with Crippen LogP contribution < -0.4 is 10.6 Å². The number of carbonyl (C=O) groups is 2. The van der Waals surface area contributed by atoms with Gasteiger partial charge in [-0.25, -0.2) is 0 Å². The summed E-state index contributed by atoms with van der Waals surface area (Å²) >= 11 is 13.1. The van der Waals surface area contributed by atoms with E-state index in [0.29, 0.717) is 33.6 Å². The number of thiophene rings is 1. The highest BCUT2D eigenvalue weighted by molar-refractivity contribution is 7.12. The van der Waals surface area contributed by atoms with Gasteiger partial charge < -0.3 is 10.6 Å². The highest BCUT2D eigenvalue weighted by Crippen LogP contribution is 2.20. The van der Waals surface area contributed by atoms with E-state index < -0.39 is 0 Å². The van der Waals surface area contributed by atoms with Crippen molar-refractivity contribution >= 4 is 46.4 Å². The quantitative estimate of drug-likeness (QED) is 0.819. The second-order valence-electron chi connectivity index (χ2n) is 4.11. The molecule has 2 amide bonds.